The summed E-state index contributed by atoms with van der Waals surface area (Å²) < 4.78 is 7.36. The maximum absolute atomic E-state index is 13.0. The van der Waals surface area contributed by atoms with Gasteiger partial charge in [-0.25, -0.2) is 4.68 Å². The Bertz CT molecular complexity index is 822. The number of rotatable bonds is 6. The van der Waals surface area contributed by atoms with E-state index in [4.69, 9.17) is 4.74 Å². The third kappa shape index (κ3) is 4.86. The fourth-order valence-corrected chi connectivity index (χ4v) is 4.23. The average Bonchev–Trinajstić information content (AvgIpc) is 3.20. The predicted molar refractivity (Wildman–Crippen MR) is 113 cm³/mol. The van der Waals surface area contributed by atoms with E-state index in [1.807, 2.05) is 10.7 Å². The number of piperidine rings is 1. The van der Waals surface area contributed by atoms with E-state index in [1.165, 1.54) is 5.56 Å². The molecule has 156 valence electrons. The maximum Gasteiger partial charge on any atom is 0.254 e. The average molecular weight is 398 g/mol. The molecule has 2 aliphatic rings. The number of carbonyl (C=O) groups is 1. The Balaban J connectivity index is 1.53. The number of ether oxygens (including phenoxy) is 1. The van der Waals surface area contributed by atoms with Crippen molar-refractivity contribution < 1.29 is 9.53 Å². The molecule has 3 heterocycles. The highest BCUT2D eigenvalue weighted by atomic mass is 16.5. The minimum atomic E-state index is -0.0225. The van der Waals surface area contributed by atoms with E-state index in [1.54, 1.807) is 6.20 Å². The van der Waals surface area contributed by atoms with Gasteiger partial charge in [0.05, 0.1) is 36.4 Å². The van der Waals surface area contributed by atoms with Gasteiger partial charge in [-0.2, -0.15) is 5.10 Å². The highest BCUT2D eigenvalue weighted by molar-refractivity contribution is 5.95. The van der Waals surface area contributed by atoms with Gasteiger partial charge < -0.3 is 15.4 Å². The molecule has 0 saturated carbocycles. The van der Waals surface area contributed by atoms with Crippen LogP contribution < -0.4 is 10.6 Å². The van der Waals surface area contributed by atoms with Crippen molar-refractivity contribution in [3.05, 3.63) is 47.3 Å². The van der Waals surface area contributed by atoms with Crippen molar-refractivity contribution in [2.75, 3.05) is 52.5 Å². The normalized spacial score (nSPS) is 18.7. The van der Waals surface area contributed by atoms with Crippen LogP contribution in [0.1, 0.15) is 40.4 Å². The van der Waals surface area contributed by atoms with Crippen LogP contribution in [0.5, 0.6) is 0 Å². The zero-order valence-corrected chi connectivity index (χ0v) is 17.2. The van der Waals surface area contributed by atoms with E-state index in [9.17, 15) is 4.79 Å². The van der Waals surface area contributed by atoms with Crippen molar-refractivity contribution in [2.24, 2.45) is 0 Å². The van der Waals surface area contributed by atoms with Gasteiger partial charge in [0.25, 0.3) is 5.91 Å². The molecule has 2 fully saturated rings. The van der Waals surface area contributed by atoms with Gasteiger partial charge in [0.1, 0.15) is 0 Å². The number of hydrogen-bond donors (Lipinski definition) is 2. The van der Waals surface area contributed by atoms with E-state index in [2.05, 4.69) is 45.8 Å². The molecule has 0 bridgehead atoms. The molecule has 7 nitrogen and oxygen atoms in total. The van der Waals surface area contributed by atoms with Crippen LogP contribution in [0.25, 0.3) is 5.69 Å². The summed E-state index contributed by atoms with van der Waals surface area (Å²) in [6, 6.07) is 8.31. The number of nitrogens with zero attached hydrogens (tertiary/aromatic N) is 3. The lowest BCUT2D eigenvalue weighted by Gasteiger charge is -2.26. The Morgan fingerprint density at radius 3 is 2.83 bits per heavy atom. The second kappa shape index (κ2) is 9.52. The Morgan fingerprint density at radius 1 is 1.28 bits per heavy atom. The number of aromatic nitrogens is 2. The summed E-state index contributed by atoms with van der Waals surface area (Å²) in [6.45, 7) is 8.93. The first-order valence-corrected chi connectivity index (χ1v) is 10.7. The first-order chi connectivity index (χ1) is 14.2. The number of nitrogens with one attached hydrogen (secondary N) is 2. The van der Waals surface area contributed by atoms with E-state index in [0.29, 0.717) is 18.0 Å². The lowest BCUT2D eigenvalue weighted by Crippen LogP contribution is -2.41. The molecule has 0 spiro atoms. The number of hydrogen-bond acceptors (Lipinski definition) is 5. The lowest BCUT2D eigenvalue weighted by molar-refractivity contribution is 0.0383. The van der Waals surface area contributed by atoms with Crippen LogP contribution in [0.15, 0.2) is 30.5 Å². The van der Waals surface area contributed by atoms with Gasteiger partial charge in [-0.1, -0.05) is 12.1 Å². The second-order valence-electron chi connectivity index (χ2n) is 7.93. The molecule has 1 aromatic heterocycles. The van der Waals surface area contributed by atoms with Crippen molar-refractivity contribution in [3.8, 4) is 5.69 Å². The van der Waals surface area contributed by atoms with Crippen LogP contribution in [0.3, 0.4) is 0 Å². The number of carbonyl (C=O) groups excluding carboxylic acids is 1. The second-order valence-corrected chi connectivity index (χ2v) is 7.93. The van der Waals surface area contributed by atoms with Crippen molar-refractivity contribution >= 4 is 5.91 Å². The first kappa shape index (κ1) is 20.1. The summed E-state index contributed by atoms with van der Waals surface area (Å²) in [4.78, 5) is 15.4. The molecule has 0 aliphatic carbocycles. The third-order valence-electron chi connectivity index (χ3n) is 5.84. The van der Waals surface area contributed by atoms with Gasteiger partial charge in [-0.3, -0.25) is 9.69 Å². The van der Waals surface area contributed by atoms with Crippen LogP contribution >= 0.6 is 0 Å². The molecule has 4 rings (SSSR count). The molecule has 2 N–H and O–H groups in total. The Morgan fingerprint density at radius 2 is 2.07 bits per heavy atom. The highest BCUT2D eigenvalue weighted by Gasteiger charge is 2.27. The molecule has 1 aromatic carbocycles. The molecule has 0 radical (unpaired) electrons. The van der Waals surface area contributed by atoms with Crippen molar-refractivity contribution in [1.29, 1.82) is 0 Å². The van der Waals surface area contributed by atoms with Crippen molar-refractivity contribution in [1.82, 2.24) is 25.3 Å². The third-order valence-corrected chi connectivity index (χ3v) is 5.84. The molecule has 29 heavy (non-hydrogen) atoms. The van der Waals surface area contributed by atoms with Crippen LogP contribution in [0, 0.1) is 6.92 Å². The van der Waals surface area contributed by atoms with Crippen molar-refractivity contribution in [3.63, 3.8) is 0 Å². The molecule has 0 unspecified atom stereocenters. The lowest BCUT2D eigenvalue weighted by atomic mass is 9.91. The minimum Gasteiger partial charge on any atom is -0.379 e. The molecule has 0 atom stereocenters. The topological polar surface area (TPSA) is 71.4 Å². The Kier molecular flexibility index (Phi) is 6.59. The van der Waals surface area contributed by atoms with Crippen LogP contribution in [0.4, 0.5) is 0 Å². The zero-order valence-electron chi connectivity index (χ0n) is 17.2. The van der Waals surface area contributed by atoms with Crippen LogP contribution in [-0.2, 0) is 4.74 Å². The van der Waals surface area contributed by atoms with Gasteiger partial charge in [0.15, 0.2) is 0 Å². The molecular formula is C22H31N5O2. The predicted octanol–water partition coefficient (Wildman–Crippen LogP) is 1.71. The molecule has 7 heteroatoms. The molecule has 1 amide bonds. The number of morpholine rings is 1. The summed E-state index contributed by atoms with van der Waals surface area (Å²) in [5, 5.41) is 11.2. The van der Waals surface area contributed by atoms with E-state index in [-0.39, 0.29) is 5.91 Å². The minimum absolute atomic E-state index is 0.0225. The van der Waals surface area contributed by atoms with Gasteiger partial charge >= 0.3 is 0 Å². The van der Waals surface area contributed by atoms with Gasteiger partial charge in [-0.05, 0) is 50.6 Å². The molecule has 2 saturated heterocycles. The largest absolute Gasteiger partial charge is 0.379 e. The quantitative estimate of drug-likeness (QED) is 0.777. The SMILES string of the molecule is Cc1cccc(-n2ncc(C(=O)NCCN3CCOCC3)c2C2CCNCC2)c1. The first-order valence-electron chi connectivity index (χ1n) is 10.7. The van der Waals surface area contributed by atoms with Crippen LogP contribution in [-0.4, -0.2) is 73.1 Å². The molecule has 2 aliphatic heterocycles. The number of amides is 1. The molecule has 2 aromatic rings. The Hall–Kier alpha value is -2.22. The van der Waals surface area contributed by atoms with Crippen molar-refractivity contribution in [2.45, 2.75) is 25.7 Å². The maximum atomic E-state index is 13.0. The smallest absolute Gasteiger partial charge is 0.254 e. The van der Waals surface area contributed by atoms with Gasteiger partial charge in [0, 0.05) is 32.1 Å². The summed E-state index contributed by atoms with van der Waals surface area (Å²) in [6.07, 6.45) is 3.78. The number of aryl methyl sites for hydroxylation is 1. The Labute approximate surface area is 172 Å². The zero-order chi connectivity index (χ0) is 20.1. The van der Waals surface area contributed by atoms with E-state index < -0.39 is 0 Å². The standard InChI is InChI=1S/C22H31N5O2/c1-17-3-2-4-19(15-17)27-21(18-5-7-23-8-6-18)20(16-25-27)22(28)24-9-10-26-11-13-29-14-12-26/h2-4,15-16,18,23H,5-14H2,1H3,(H,24,28). The van der Waals surface area contributed by atoms with Gasteiger partial charge in [-0.15, -0.1) is 0 Å². The number of benzene rings is 1. The summed E-state index contributed by atoms with van der Waals surface area (Å²) >= 11 is 0. The molecular weight excluding hydrogens is 366 g/mol. The highest BCUT2D eigenvalue weighted by Crippen LogP contribution is 2.30. The monoisotopic (exact) mass is 397 g/mol. The summed E-state index contributed by atoms with van der Waals surface area (Å²) in [5.74, 6) is 0.310. The fraction of sp³-hybridized carbons (Fsp3) is 0.545. The van der Waals surface area contributed by atoms with Gasteiger partial charge in [0.2, 0.25) is 0 Å². The van der Waals surface area contributed by atoms with E-state index >= 15 is 0 Å². The van der Waals surface area contributed by atoms with Crippen LogP contribution in [0.2, 0.25) is 0 Å². The summed E-state index contributed by atoms with van der Waals surface area (Å²) in [7, 11) is 0. The summed E-state index contributed by atoms with van der Waals surface area (Å²) in [5.41, 5.74) is 3.96. The van der Waals surface area contributed by atoms with E-state index in [0.717, 1.165) is 70.2 Å². The fourth-order valence-electron chi connectivity index (χ4n) is 4.23.